The molecule has 9 heteroatoms. The van der Waals surface area contributed by atoms with E-state index in [9.17, 15) is 5.26 Å². The SMILES string of the molecule is CC(C)(O[C@@H]1CO[C@H]2[C@H]1OC[C@@H]2Oc1ncc(-c2ccc(C#N)cn2)cc1C#N)[Si](C)(C)C. The van der Waals surface area contributed by atoms with Gasteiger partial charge in [0.1, 0.15) is 36.0 Å². The Morgan fingerprint density at radius 2 is 1.70 bits per heavy atom. The molecule has 0 saturated carbocycles. The second-order valence-electron chi connectivity index (χ2n) is 9.90. The van der Waals surface area contributed by atoms with Gasteiger partial charge in [0, 0.05) is 18.0 Å². The minimum Gasteiger partial charge on any atom is -0.468 e. The van der Waals surface area contributed by atoms with Crippen molar-refractivity contribution in [3.8, 4) is 29.3 Å². The lowest BCUT2D eigenvalue weighted by atomic mass is 10.1. The number of nitriles is 2. The summed E-state index contributed by atoms with van der Waals surface area (Å²) >= 11 is 0. The van der Waals surface area contributed by atoms with E-state index in [1.165, 1.54) is 6.20 Å². The number of hydrogen-bond donors (Lipinski definition) is 0. The van der Waals surface area contributed by atoms with Crippen molar-refractivity contribution in [2.24, 2.45) is 0 Å². The molecular formula is C24H28N4O4Si. The van der Waals surface area contributed by atoms with Gasteiger partial charge in [0.05, 0.1) is 37.8 Å². The zero-order chi connectivity index (χ0) is 23.8. The largest absolute Gasteiger partial charge is 0.468 e. The first kappa shape index (κ1) is 23.3. The van der Waals surface area contributed by atoms with Crippen molar-refractivity contribution < 1.29 is 18.9 Å². The van der Waals surface area contributed by atoms with Crippen LogP contribution in [0.1, 0.15) is 25.0 Å². The minimum atomic E-state index is -1.56. The second kappa shape index (κ2) is 8.84. The molecule has 2 fully saturated rings. The third kappa shape index (κ3) is 4.64. The molecular weight excluding hydrogens is 436 g/mol. The van der Waals surface area contributed by atoms with E-state index in [4.69, 9.17) is 24.2 Å². The molecule has 172 valence electrons. The molecule has 0 amide bonds. The van der Waals surface area contributed by atoms with Crippen LogP contribution in [0.5, 0.6) is 5.88 Å². The van der Waals surface area contributed by atoms with Gasteiger partial charge in [-0.15, -0.1) is 0 Å². The van der Waals surface area contributed by atoms with Crippen LogP contribution in [-0.2, 0) is 14.2 Å². The van der Waals surface area contributed by atoms with Gasteiger partial charge < -0.3 is 18.9 Å². The molecule has 0 unspecified atom stereocenters. The lowest BCUT2D eigenvalue weighted by Gasteiger charge is -2.39. The fourth-order valence-electron chi connectivity index (χ4n) is 3.73. The predicted molar refractivity (Wildman–Crippen MR) is 123 cm³/mol. The van der Waals surface area contributed by atoms with Crippen molar-refractivity contribution >= 4 is 8.07 Å². The second-order valence-corrected chi connectivity index (χ2v) is 15.6. The topological polar surface area (TPSA) is 110 Å². The Bertz CT molecular complexity index is 1100. The summed E-state index contributed by atoms with van der Waals surface area (Å²) in [4.78, 5) is 8.63. The molecule has 0 aliphatic carbocycles. The molecule has 4 rings (SSSR count). The summed E-state index contributed by atoms with van der Waals surface area (Å²) in [6, 6.07) is 9.27. The van der Waals surface area contributed by atoms with E-state index in [-0.39, 0.29) is 35.5 Å². The molecule has 0 N–H and O–H groups in total. The average molecular weight is 465 g/mol. The minimum absolute atomic E-state index is 0.154. The molecule has 2 aromatic heterocycles. The maximum Gasteiger partial charge on any atom is 0.232 e. The number of pyridine rings is 2. The first-order chi connectivity index (χ1) is 15.6. The fourth-order valence-corrected chi connectivity index (χ4v) is 4.23. The van der Waals surface area contributed by atoms with Crippen molar-refractivity contribution in [3.63, 3.8) is 0 Å². The summed E-state index contributed by atoms with van der Waals surface area (Å²) in [5.74, 6) is 0.236. The van der Waals surface area contributed by atoms with Crippen LogP contribution in [0.15, 0.2) is 30.6 Å². The van der Waals surface area contributed by atoms with Gasteiger partial charge in [0.15, 0.2) is 6.10 Å². The highest BCUT2D eigenvalue weighted by Crippen LogP contribution is 2.36. The lowest BCUT2D eigenvalue weighted by Crippen LogP contribution is -2.53. The number of hydrogen-bond acceptors (Lipinski definition) is 8. The Morgan fingerprint density at radius 3 is 2.30 bits per heavy atom. The van der Waals surface area contributed by atoms with Crippen LogP contribution in [0.4, 0.5) is 0 Å². The van der Waals surface area contributed by atoms with Crippen LogP contribution in [0.2, 0.25) is 19.6 Å². The Balaban J connectivity index is 1.47. The van der Waals surface area contributed by atoms with Gasteiger partial charge in [-0.3, -0.25) is 4.98 Å². The van der Waals surface area contributed by atoms with Crippen molar-refractivity contribution in [3.05, 3.63) is 41.7 Å². The fraction of sp³-hybridized carbons (Fsp3) is 0.500. The summed E-state index contributed by atoms with van der Waals surface area (Å²) in [5, 5.41) is 18.4. The third-order valence-corrected chi connectivity index (χ3v) is 10.4. The summed E-state index contributed by atoms with van der Waals surface area (Å²) in [7, 11) is -1.56. The van der Waals surface area contributed by atoms with Gasteiger partial charge in [-0.25, -0.2) is 4.98 Å². The van der Waals surface area contributed by atoms with Crippen LogP contribution < -0.4 is 4.74 Å². The van der Waals surface area contributed by atoms with E-state index in [1.807, 2.05) is 6.07 Å². The van der Waals surface area contributed by atoms with Gasteiger partial charge in [0.25, 0.3) is 0 Å². The van der Waals surface area contributed by atoms with Crippen LogP contribution in [0.25, 0.3) is 11.3 Å². The van der Waals surface area contributed by atoms with Crippen molar-refractivity contribution in [1.29, 1.82) is 10.5 Å². The summed E-state index contributed by atoms with van der Waals surface area (Å²) < 4.78 is 24.6. The molecule has 0 radical (unpaired) electrons. The predicted octanol–water partition coefficient (Wildman–Crippen LogP) is 3.47. The molecule has 2 aliphatic heterocycles. The Morgan fingerprint density at radius 1 is 1.00 bits per heavy atom. The van der Waals surface area contributed by atoms with E-state index in [0.29, 0.717) is 35.6 Å². The Kier molecular flexibility index (Phi) is 6.26. The van der Waals surface area contributed by atoms with E-state index in [0.717, 1.165) is 0 Å². The van der Waals surface area contributed by atoms with Gasteiger partial charge in [-0.05, 0) is 32.0 Å². The standard InChI is InChI=1S/C24H28N4O4Si/c1-24(2,33(3,4)5)32-20-14-30-21-19(13-29-22(20)21)31-23-16(10-26)8-17(12-28-23)18-7-6-15(9-25)11-27-18/h6-8,11-12,19-22H,13-14H2,1-5H3/t19-,20+,21+,22-/m0/s1. The normalized spacial score (nSPS) is 24.7. The molecule has 0 bridgehead atoms. The molecule has 0 aromatic carbocycles. The van der Waals surface area contributed by atoms with E-state index < -0.39 is 8.07 Å². The first-order valence-corrected chi connectivity index (χ1v) is 14.5. The van der Waals surface area contributed by atoms with Crippen LogP contribution in [0, 0.1) is 22.7 Å². The number of ether oxygens (including phenoxy) is 4. The summed E-state index contributed by atoms with van der Waals surface area (Å²) in [6.07, 6.45) is 2.08. The molecule has 2 aliphatic rings. The van der Waals surface area contributed by atoms with Crippen molar-refractivity contribution in [2.45, 2.75) is 63.1 Å². The van der Waals surface area contributed by atoms with Crippen LogP contribution >= 0.6 is 0 Å². The Hall–Kier alpha value is -2.82. The van der Waals surface area contributed by atoms with E-state index in [1.54, 1.807) is 24.4 Å². The number of fused-ring (bicyclic) bond motifs is 1. The molecule has 33 heavy (non-hydrogen) atoms. The summed E-state index contributed by atoms with van der Waals surface area (Å²) in [6.45, 7) is 11.9. The highest BCUT2D eigenvalue weighted by molar-refractivity contribution is 6.78. The first-order valence-electron chi connectivity index (χ1n) is 11.0. The summed E-state index contributed by atoms with van der Waals surface area (Å²) in [5.41, 5.74) is 2.06. The molecule has 4 atom stereocenters. The highest BCUT2D eigenvalue weighted by atomic mass is 28.3. The van der Waals surface area contributed by atoms with Crippen molar-refractivity contribution in [1.82, 2.24) is 9.97 Å². The average Bonchev–Trinajstić information content (AvgIpc) is 3.36. The highest BCUT2D eigenvalue weighted by Gasteiger charge is 2.52. The molecule has 4 heterocycles. The zero-order valence-corrected chi connectivity index (χ0v) is 20.5. The van der Waals surface area contributed by atoms with E-state index >= 15 is 0 Å². The van der Waals surface area contributed by atoms with Crippen molar-refractivity contribution in [2.75, 3.05) is 13.2 Å². The van der Waals surface area contributed by atoms with Crippen LogP contribution in [0.3, 0.4) is 0 Å². The Labute approximate surface area is 195 Å². The number of nitrogens with zero attached hydrogens (tertiary/aromatic N) is 4. The van der Waals surface area contributed by atoms with Gasteiger partial charge >= 0.3 is 0 Å². The van der Waals surface area contributed by atoms with Gasteiger partial charge in [-0.1, -0.05) is 19.6 Å². The smallest absolute Gasteiger partial charge is 0.232 e. The maximum absolute atomic E-state index is 9.67. The van der Waals surface area contributed by atoms with E-state index in [2.05, 4.69) is 49.5 Å². The molecule has 2 saturated heterocycles. The van der Waals surface area contributed by atoms with Gasteiger partial charge in [0.2, 0.25) is 5.88 Å². The van der Waals surface area contributed by atoms with Gasteiger partial charge in [-0.2, -0.15) is 10.5 Å². The third-order valence-electron chi connectivity index (χ3n) is 6.64. The zero-order valence-electron chi connectivity index (χ0n) is 19.5. The molecule has 8 nitrogen and oxygen atoms in total. The number of aromatic nitrogens is 2. The lowest BCUT2D eigenvalue weighted by molar-refractivity contribution is -0.0813. The van der Waals surface area contributed by atoms with Crippen LogP contribution in [-0.4, -0.2) is 60.9 Å². The monoisotopic (exact) mass is 464 g/mol. The molecule has 2 aromatic rings. The maximum atomic E-state index is 9.67. The number of rotatable bonds is 6. The quantitative estimate of drug-likeness (QED) is 0.598. The molecule has 0 spiro atoms.